The zero-order chi connectivity index (χ0) is 15.4. The maximum absolute atomic E-state index is 12.1. The van der Waals surface area contributed by atoms with Crippen molar-refractivity contribution in [3.05, 3.63) is 21.4 Å². The molecule has 0 radical (unpaired) electrons. The number of carbonyl (C=O) groups excluding carboxylic acids is 3. The molecule has 1 rings (SSSR count). The van der Waals surface area contributed by atoms with Crippen LogP contribution in [0.1, 0.15) is 34.0 Å². The topological polar surface area (TPSA) is 98.5 Å². The fourth-order valence-corrected chi connectivity index (χ4v) is 2.61. The average molecular weight is 298 g/mol. The highest BCUT2D eigenvalue weighted by Gasteiger charge is 2.28. The number of esters is 1. The molecule has 0 fully saturated rings. The molecule has 0 saturated heterocycles. The van der Waals surface area contributed by atoms with Crippen LogP contribution >= 0.6 is 11.3 Å². The Morgan fingerprint density at radius 3 is 2.30 bits per heavy atom. The summed E-state index contributed by atoms with van der Waals surface area (Å²) in [5.41, 5.74) is 5.33. The standard InChI is InChI=1S/C13H18N2O4S/c1-6(2)10(11(16)15-13(14)18)19-12(17)9-5-7(3)20-8(9)4/h5-6,10H,1-4H3,(H3,14,15,16,18). The molecule has 3 amide bonds. The summed E-state index contributed by atoms with van der Waals surface area (Å²) in [6, 6.07) is 0.741. The van der Waals surface area contributed by atoms with Gasteiger partial charge in [-0.05, 0) is 25.8 Å². The number of nitrogens with two attached hydrogens (primary N) is 1. The molecule has 1 atom stereocenters. The van der Waals surface area contributed by atoms with Gasteiger partial charge in [-0.15, -0.1) is 11.3 Å². The van der Waals surface area contributed by atoms with E-state index in [0.717, 1.165) is 9.75 Å². The highest BCUT2D eigenvalue weighted by Crippen LogP contribution is 2.22. The molecule has 110 valence electrons. The maximum atomic E-state index is 12.1. The largest absolute Gasteiger partial charge is 0.448 e. The molecule has 0 saturated carbocycles. The summed E-state index contributed by atoms with van der Waals surface area (Å²) in [6.07, 6.45) is -1.06. The summed E-state index contributed by atoms with van der Waals surface area (Å²) >= 11 is 1.48. The highest BCUT2D eigenvalue weighted by atomic mass is 32.1. The molecule has 0 aliphatic carbocycles. The van der Waals surface area contributed by atoms with Crippen molar-refractivity contribution in [3.63, 3.8) is 0 Å². The smallest absolute Gasteiger partial charge is 0.340 e. The van der Waals surface area contributed by atoms with Crippen molar-refractivity contribution in [1.82, 2.24) is 5.32 Å². The first-order chi connectivity index (χ1) is 9.22. The normalized spacial score (nSPS) is 12.1. The van der Waals surface area contributed by atoms with Crippen molar-refractivity contribution in [2.75, 3.05) is 0 Å². The second kappa shape index (κ2) is 6.51. The molecule has 3 N–H and O–H groups in total. The molecule has 20 heavy (non-hydrogen) atoms. The second-order valence-corrected chi connectivity index (χ2v) is 6.21. The van der Waals surface area contributed by atoms with E-state index in [4.69, 9.17) is 10.5 Å². The Bertz CT molecular complexity index is 536. The lowest BCUT2D eigenvalue weighted by molar-refractivity contribution is -0.130. The lowest BCUT2D eigenvalue weighted by atomic mass is 10.1. The van der Waals surface area contributed by atoms with Gasteiger partial charge >= 0.3 is 12.0 Å². The molecule has 6 nitrogen and oxygen atoms in total. The third kappa shape index (κ3) is 4.06. The molecule has 0 aliphatic heterocycles. The fourth-order valence-electron chi connectivity index (χ4n) is 1.70. The van der Waals surface area contributed by atoms with E-state index in [-0.39, 0.29) is 5.92 Å². The summed E-state index contributed by atoms with van der Waals surface area (Å²) in [4.78, 5) is 36.3. The number of nitrogens with one attached hydrogen (secondary N) is 1. The predicted octanol–water partition coefficient (Wildman–Crippen LogP) is 1.74. The Labute approximate surface area is 121 Å². The minimum absolute atomic E-state index is 0.279. The van der Waals surface area contributed by atoms with Gasteiger partial charge < -0.3 is 10.5 Å². The molecule has 7 heteroatoms. The molecule has 1 aromatic rings. The molecule has 0 aromatic carbocycles. The number of hydrogen-bond acceptors (Lipinski definition) is 5. The molecular formula is C13H18N2O4S. The minimum Gasteiger partial charge on any atom is -0.448 e. The highest BCUT2D eigenvalue weighted by molar-refractivity contribution is 7.12. The van der Waals surface area contributed by atoms with Crippen molar-refractivity contribution < 1.29 is 19.1 Å². The fraction of sp³-hybridized carbons (Fsp3) is 0.462. The summed E-state index contributed by atoms with van der Waals surface area (Å²) in [5.74, 6) is -1.58. The van der Waals surface area contributed by atoms with Gasteiger partial charge in [0.05, 0.1) is 5.56 Å². The number of urea groups is 1. The van der Waals surface area contributed by atoms with Gasteiger partial charge in [-0.25, -0.2) is 9.59 Å². The number of rotatable bonds is 4. The Balaban J connectivity index is 2.86. The van der Waals surface area contributed by atoms with Crippen LogP contribution in [0.3, 0.4) is 0 Å². The molecule has 1 unspecified atom stereocenters. The molecule has 1 aromatic heterocycles. The van der Waals surface area contributed by atoms with Crippen LogP contribution in [0, 0.1) is 19.8 Å². The van der Waals surface area contributed by atoms with Crippen molar-refractivity contribution in [2.45, 2.75) is 33.8 Å². The number of hydrogen-bond donors (Lipinski definition) is 2. The van der Waals surface area contributed by atoms with Gasteiger partial charge in [-0.3, -0.25) is 10.1 Å². The number of amides is 3. The first-order valence-corrected chi connectivity index (χ1v) is 6.92. The summed E-state index contributed by atoms with van der Waals surface area (Å²) in [5, 5.41) is 1.93. The lowest BCUT2D eigenvalue weighted by Crippen LogP contribution is -2.45. The number of ether oxygens (including phenoxy) is 1. The van der Waals surface area contributed by atoms with Gasteiger partial charge in [0.1, 0.15) is 0 Å². The number of aryl methyl sites for hydroxylation is 2. The van der Waals surface area contributed by atoms with Crippen molar-refractivity contribution in [2.24, 2.45) is 11.7 Å². The maximum Gasteiger partial charge on any atom is 0.340 e. The lowest BCUT2D eigenvalue weighted by Gasteiger charge is -2.19. The van der Waals surface area contributed by atoms with Crippen molar-refractivity contribution in [1.29, 1.82) is 0 Å². The molecule has 0 aliphatic rings. The van der Waals surface area contributed by atoms with Gasteiger partial charge in [0.25, 0.3) is 5.91 Å². The molecule has 0 spiro atoms. The Morgan fingerprint density at radius 1 is 1.30 bits per heavy atom. The van der Waals surface area contributed by atoms with E-state index in [0.29, 0.717) is 5.56 Å². The van der Waals surface area contributed by atoms with E-state index in [1.165, 1.54) is 11.3 Å². The van der Waals surface area contributed by atoms with Crippen LogP contribution in [0.2, 0.25) is 0 Å². The number of carbonyl (C=O) groups is 3. The van der Waals surface area contributed by atoms with E-state index in [1.807, 2.05) is 19.2 Å². The van der Waals surface area contributed by atoms with Crippen LogP contribution in [-0.2, 0) is 9.53 Å². The van der Waals surface area contributed by atoms with Gasteiger partial charge in [-0.1, -0.05) is 13.8 Å². The summed E-state index contributed by atoms with van der Waals surface area (Å²) in [7, 11) is 0. The number of imide groups is 1. The minimum atomic E-state index is -1.06. The van der Waals surface area contributed by atoms with Crippen LogP contribution < -0.4 is 11.1 Å². The van der Waals surface area contributed by atoms with Crippen molar-refractivity contribution in [3.8, 4) is 0 Å². The molecular weight excluding hydrogens is 280 g/mol. The van der Waals surface area contributed by atoms with Gasteiger partial charge in [0.2, 0.25) is 0 Å². The van der Waals surface area contributed by atoms with Gasteiger partial charge in [0, 0.05) is 9.75 Å². The van der Waals surface area contributed by atoms with Crippen LogP contribution in [0.15, 0.2) is 6.07 Å². The molecule has 1 heterocycles. The first kappa shape index (κ1) is 16.2. The summed E-state index contributed by atoms with van der Waals surface area (Å²) in [6.45, 7) is 7.12. The van der Waals surface area contributed by atoms with Crippen LogP contribution in [0.4, 0.5) is 4.79 Å². The van der Waals surface area contributed by atoms with E-state index >= 15 is 0 Å². The SMILES string of the molecule is Cc1cc(C(=O)OC(C(=O)NC(N)=O)C(C)C)c(C)s1. The van der Waals surface area contributed by atoms with Crippen LogP contribution in [-0.4, -0.2) is 24.0 Å². The zero-order valence-electron chi connectivity index (χ0n) is 11.9. The third-order valence-electron chi connectivity index (χ3n) is 2.61. The zero-order valence-corrected chi connectivity index (χ0v) is 12.7. The first-order valence-electron chi connectivity index (χ1n) is 6.10. The quantitative estimate of drug-likeness (QED) is 0.827. The Hall–Kier alpha value is -1.89. The van der Waals surface area contributed by atoms with Gasteiger partial charge in [0.15, 0.2) is 6.10 Å². The van der Waals surface area contributed by atoms with Crippen molar-refractivity contribution >= 4 is 29.2 Å². The van der Waals surface area contributed by atoms with E-state index in [1.54, 1.807) is 19.9 Å². The van der Waals surface area contributed by atoms with E-state index < -0.39 is 24.0 Å². The molecule has 0 bridgehead atoms. The van der Waals surface area contributed by atoms with E-state index in [9.17, 15) is 14.4 Å². The summed E-state index contributed by atoms with van der Waals surface area (Å²) < 4.78 is 5.20. The van der Waals surface area contributed by atoms with Crippen LogP contribution in [0.5, 0.6) is 0 Å². The monoisotopic (exact) mass is 298 g/mol. The number of primary amides is 1. The van der Waals surface area contributed by atoms with Crippen LogP contribution in [0.25, 0.3) is 0 Å². The predicted molar refractivity (Wildman–Crippen MR) is 75.6 cm³/mol. The second-order valence-electron chi connectivity index (χ2n) is 4.75. The van der Waals surface area contributed by atoms with E-state index in [2.05, 4.69) is 0 Å². The third-order valence-corrected chi connectivity index (χ3v) is 3.57. The Kier molecular flexibility index (Phi) is 5.26. The Morgan fingerprint density at radius 2 is 1.90 bits per heavy atom. The average Bonchev–Trinajstić information content (AvgIpc) is 2.63. The van der Waals surface area contributed by atoms with Gasteiger partial charge in [-0.2, -0.15) is 0 Å². The number of thiophene rings is 1.